The van der Waals surface area contributed by atoms with Crippen molar-refractivity contribution in [3.63, 3.8) is 0 Å². The van der Waals surface area contributed by atoms with Crippen LogP contribution >= 0.6 is 11.6 Å². The maximum atomic E-state index is 12.7. The van der Waals surface area contributed by atoms with E-state index in [2.05, 4.69) is 17.6 Å². The van der Waals surface area contributed by atoms with Gasteiger partial charge in [0.05, 0.1) is 17.8 Å². The summed E-state index contributed by atoms with van der Waals surface area (Å²) in [5.41, 5.74) is 2.43. The largest absolute Gasteiger partial charge is 0.441 e. The number of nitriles is 1. The number of carbonyl (C=O) groups is 1. The van der Waals surface area contributed by atoms with Crippen molar-refractivity contribution in [2.24, 2.45) is 0 Å². The lowest BCUT2D eigenvalue weighted by atomic mass is 10.1. The number of aryl methyl sites for hydroxylation is 1. The highest BCUT2D eigenvalue weighted by molar-refractivity contribution is 6.30. The molecule has 0 aliphatic carbocycles. The van der Waals surface area contributed by atoms with Crippen LogP contribution in [-0.4, -0.2) is 22.3 Å². The first-order valence-electron chi connectivity index (χ1n) is 9.17. The number of halogens is 1. The van der Waals surface area contributed by atoms with Crippen LogP contribution in [0.5, 0.6) is 0 Å². The summed E-state index contributed by atoms with van der Waals surface area (Å²) in [7, 11) is 0. The van der Waals surface area contributed by atoms with E-state index in [0.717, 1.165) is 11.1 Å². The minimum atomic E-state index is -0.0134. The lowest BCUT2D eigenvalue weighted by molar-refractivity contribution is -0.131. The van der Waals surface area contributed by atoms with E-state index in [1.165, 1.54) is 0 Å². The molecule has 0 saturated carbocycles. The van der Waals surface area contributed by atoms with Crippen molar-refractivity contribution in [1.29, 1.82) is 5.26 Å². The first-order valence-corrected chi connectivity index (χ1v) is 9.55. The minimum absolute atomic E-state index is 0.0134. The van der Waals surface area contributed by atoms with Gasteiger partial charge in [-0.3, -0.25) is 4.79 Å². The fourth-order valence-corrected chi connectivity index (χ4v) is 2.99. The van der Waals surface area contributed by atoms with Gasteiger partial charge in [0, 0.05) is 36.5 Å². The molecule has 0 N–H and O–H groups in total. The highest BCUT2D eigenvalue weighted by Gasteiger charge is 2.15. The van der Waals surface area contributed by atoms with Crippen molar-refractivity contribution in [1.82, 2.24) is 9.88 Å². The Labute approximate surface area is 174 Å². The van der Waals surface area contributed by atoms with Crippen LogP contribution in [0, 0.1) is 11.3 Å². The van der Waals surface area contributed by atoms with E-state index in [1.54, 1.807) is 41.4 Å². The molecule has 1 aromatic heterocycles. The number of oxazole rings is 1. The summed E-state index contributed by atoms with van der Waals surface area (Å²) in [6.07, 6.45) is 4.05. The van der Waals surface area contributed by atoms with Gasteiger partial charge in [-0.2, -0.15) is 5.26 Å². The molecule has 1 amide bonds. The lowest BCUT2D eigenvalue weighted by Gasteiger charge is -2.21. The first kappa shape index (κ1) is 20.4. The summed E-state index contributed by atoms with van der Waals surface area (Å²) in [6, 6.07) is 16.6. The molecule has 0 saturated heterocycles. The molecule has 29 heavy (non-hydrogen) atoms. The van der Waals surface area contributed by atoms with Crippen molar-refractivity contribution < 1.29 is 9.21 Å². The fraction of sp³-hybridized carbons (Fsp3) is 0.174. The molecule has 6 heteroatoms. The van der Waals surface area contributed by atoms with E-state index in [9.17, 15) is 4.79 Å². The Balaban J connectivity index is 1.60. The van der Waals surface area contributed by atoms with Crippen LogP contribution in [0.2, 0.25) is 5.02 Å². The third-order valence-corrected chi connectivity index (χ3v) is 4.65. The quantitative estimate of drug-likeness (QED) is 0.493. The summed E-state index contributed by atoms with van der Waals surface area (Å²) < 4.78 is 5.77. The van der Waals surface area contributed by atoms with E-state index in [1.807, 2.05) is 24.3 Å². The summed E-state index contributed by atoms with van der Waals surface area (Å²) in [5, 5.41) is 9.56. The molecule has 0 fully saturated rings. The zero-order chi connectivity index (χ0) is 20.6. The lowest BCUT2D eigenvalue weighted by Crippen LogP contribution is -2.30. The molecule has 0 unspecified atom stereocenters. The summed E-state index contributed by atoms with van der Waals surface area (Å²) in [6.45, 7) is 4.64. The zero-order valence-electron chi connectivity index (χ0n) is 15.8. The number of benzene rings is 2. The number of amides is 1. The highest BCUT2D eigenvalue weighted by atomic mass is 35.5. The van der Waals surface area contributed by atoms with Gasteiger partial charge in [-0.25, -0.2) is 4.98 Å². The Kier molecular flexibility index (Phi) is 6.83. The second-order valence-corrected chi connectivity index (χ2v) is 6.93. The second-order valence-electron chi connectivity index (χ2n) is 6.50. The molecule has 0 bridgehead atoms. The van der Waals surface area contributed by atoms with Crippen molar-refractivity contribution in [3.8, 4) is 17.4 Å². The number of aromatic nitrogens is 1. The smallest absolute Gasteiger partial charge is 0.223 e. The Morgan fingerprint density at radius 3 is 2.59 bits per heavy atom. The fourth-order valence-electron chi connectivity index (χ4n) is 2.86. The number of hydrogen-bond donors (Lipinski definition) is 0. The normalized spacial score (nSPS) is 10.3. The van der Waals surface area contributed by atoms with E-state index in [0.29, 0.717) is 41.7 Å². The van der Waals surface area contributed by atoms with Crippen molar-refractivity contribution in [2.45, 2.75) is 19.4 Å². The van der Waals surface area contributed by atoms with Crippen LogP contribution in [0.4, 0.5) is 0 Å². The van der Waals surface area contributed by atoms with Crippen LogP contribution in [0.25, 0.3) is 11.3 Å². The van der Waals surface area contributed by atoms with Crippen LogP contribution in [0.3, 0.4) is 0 Å². The van der Waals surface area contributed by atoms with E-state index in [4.69, 9.17) is 21.3 Å². The molecule has 146 valence electrons. The standard InChI is InChI=1S/C23H20ClN3O2/c1-2-13-27(16-18-5-3-17(14-25)4-6-18)23(28)12-11-22-26-15-21(29-22)19-7-9-20(24)10-8-19/h2-10,15H,1,11-13,16H2. The molecule has 0 aliphatic heterocycles. The molecule has 0 radical (unpaired) electrons. The van der Waals surface area contributed by atoms with E-state index in [-0.39, 0.29) is 12.3 Å². The molecular formula is C23H20ClN3O2. The molecule has 2 aromatic carbocycles. The van der Waals surface area contributed by atoms with Gasteiger partial charge in [0.1, 0.15) is 0 Å². The zero-order valence-corrected chi connectivity index (χ0v) is 16.6. The maximum absolute atomic E-state index is 12.7. The molecule has 0 atom stereocenters. The number of rotatable bonds is 8. The van der Waals surface area contributed by atoms with Crippen molar-refractivity contribution >= 4 is 17.5 Å². The monoisotopic (exact) mass is 405 g/mol. The van der Waals surface area contributed by atoms with E-state index < -0.39 is 0 Å². The SMILES string of the molecule is C=CCN(Cc1ccc(C#N)cc1)C(=O)CCc1ncc(-c2ccc(Cl)cc2)o1. The average Bonchev–Trinajstić information content (AvgIpc) is 3.22. The van der Waals surface area contributed by atoms with Crippen LogP contribution in [-0.2, 0) is 17.8 Å². The molecule has 5 nitrogen and oxygen atoms in total. The minimum Gasteiger partial charge on any atom is -0.441 e. The van der Waals surface area contributed by atoms with Crippen LogP contribution in [0.1, 0.15) is 23.4 Å². The molecule has 3 rings (SSSR count). The van der Waals surface area contributed by atoms with Gasteiger partial charge in [-0.05, 0) is 42.0 Å². The maximum Gasteiger partial charge on any atom is 0.223 e. The second kappa shape index (κ2) is 9.72. The van der Waals surface area contributed by atoms with Crippen molar-refractivity contribution in [3.05, 3.63) is 89.4 Å². The van der Waals surface area contributed by atoms with Gasteiger partial charge in [0.15, 0.2) is 11.7 Å². The summed E-state index contributed by atoms with van der Waals surface area (Å²) >= 11 is 5.91. The van der Waals surface area contributed by atoms with Gasteiger partial charge >= 0.3 is 0 Å². The Hall–Kier alpha value is -3.36. The van der Waals surface area contributed by atoms with Crippen molar-refractivity contribution in [2.75, 3.05) is 6.54 Å². The predicted octanol–water partition coefficient (Wildman–Crippen LogP) is 5.01. The molecule has 3 aromatic rings. The Bertz CT molecular complexity index is 1020. The van der Waals surface area contributed by atoms with Gasteiger partial charge in [-0.1, -0.05) is 29.8 Å². The van der Waals surface area contributed by atoms with Crippen LogP contribution < -0.4 is 0 Å². The number of nitrogens with zero attached hydrogens (tertiary/aromatic N) is 3. The third kappa shape index (κ3) is 5.56. The average molecular weight is 406 g/mol. The topological polar surface area (TPSA) is 70.1 Å². The summed E-state index contributed by atoms with van der Waals surface area (Å²) in [5.74, 6) is 1.14. The molecule has 0 spiro atoms. The van der Waals surface area contributed by atoms with E-state index >= 15 is 0 Å². The highest BCUT2D eigenvalue weighted by Crippen LogP contribution is 2.23. The molecule has 1 heterocycles. The predicted molar refractivity (Wildman–Crippen MR) is 112 cm³/mol. The summed E-state index contributed by atoms with van der Waals surface area (Å²) in [4.78, 5) is 18.7. The Morgan fingerprint density at radius 1 is 1.21 bits per heavy atom. The van der Waals surface area contributed by atoms with Gasteiger partial charge in [-0.15, -0.1) is 6.58 Å². The van der Waals surface area contributed by atoms with Gasteiger partial charge < -0.3 is 9.32 Å². The van der Waals surface area contributed by atoms with Crippen LogP contribution in [0.15, 0.2) is 71.8 Å². The Morgan fingerprint density at radius 2 is 1.93 bits per heavy atom. The number of carbonyl (C=O) groups excluding carboxylic acids is 1. The third-order valence-electron chi connectivity index (χ3n) is 4.39. The van der Waals surface area contributed by atoms with Gasteiger partial charge in [0.2, 0.25) is 5.91 Å². The number of hydrogen-bond acceptors (Lipinski definition) is 4. The molecule has 0 aliphatic rings. The molecular weight excluding hydrogens is 386 g/mol. The first-order chi connectivity index (χ1) is 14.1. The van der Waals surface area contributed by atoms with Gasteiger partial charge in [0.25, 0.3) is 0 Å².